The molecule has 2 N–H and O–H groups in total. The summed E-state index contributed by atoms with van der Waals surface area (Å²) >= 11 is 1.16. The van der Waals surface area contributed by atoms with Crippen molar-refractivity contribution in [3.8, 4) is 16.8 Å². The second-order valence-electron chi connectivity index (χ2n) is 7.13. The number of fused-ring (bicyclic) bond motifs is 1. The van der Waals surface area contributed by atoms with E-state index in [1.807, 2.05) is 23.6 Å². The van der Waals surface area contributed by atoms with Gasteiger partial charge in [0.2, 0.25) is 5.88 Å². The highest BCUT2D eigenvalue weighted by atomic mass is 32.1. The average Bonchev–Trinajstić information content (AvgIpc) is 3.40. The molecule has 1 atom stereocenters. The SMILES string of the molecule is COc1ccc2c(c1)c(C(O)C(=O)Nc1ccnc(OC)c1)c(C)n2Cc1nsc(OC)n1. The second kappa shape index (κ2) is 9.43. The first kappa shape index (κ1) is 22.5. The van der Waals surface area contributed by atoms with Gasteiger partial charge >= 0.3 is 0 Å². The molecule has 172 valence electrons. The summed E-state index contributed by atoms with van der Waals surface area (Å²) in [6.07, 6.45) is 0.0794. The minimum atomic E-state index is -1.43. The zero-order valence-electron chi connectivity index (χ0n) is 18.5. The summed E-state index contributed by atoms with van der Waals surface area (Å²) in [6, 6.07) is 8.70. The van der Waals surface area contributed by atoms with Gasteiger partial charge in [0.25, 0.3) is 11.1 Å². The Bertz CT molecular complexity index is 1300. The van der Waals surface area contributed by atoms with Crippen molar-refractivity contribution in [1.82, 2.24) is 18.9 Å². The Morgan fingerprint density at radius 2 is 2.00 bits per heavy atom. The van der Waals surface area contributed by atoms with E-state index in [-0.39, 0.29) is 0 Å². The molecule has 3 heterocycles. The Morgan fingerprint density at radius 3 is 2.70 bits per heavy atom. The van der Waals surface area contributed by atoms with Crippen molar-refractivity contribution in [2.45, 2.75) is 19.6 Å². The van der Waals surface area contributed by atoms with Gasteiger partial charge in [0.1, 0.15) is 5.75 Å². The molecule has 1 amide bonds. The predicted molar refractivity (Wildman–Crippen MR) is 123 cm³/mol. The molecular weight excluding hydrogens is 446 g/mol. The van der Waals surface area contributed by atoms with Crippen molar-refractivity contribution in [3.05, 3.63) is 53.6 Å². The molecule has 1 aromatic carbocycles. The van der Waals surface area contributed by atoms with E-state index in [1.54, 1.807) is 32.4 Å². The summed E-state index contributed by atoms with van der Waals surface area (Å²) in [7, 11) is 4.59. The smallest absolute Gasteiger partial charge is 0.292 e. The second-order valence-corrected chi connectivity index (χ2v) is 7.84. The number of rotatable bonds is 8. The number of benzene rings is 1. The van der Waals surface area contributed by atoms with Gasteiger partial charge in [-0.2, -0.15) is 9.36 Å². The van der Waals surface area contributed by atoms with Crippen LogP contribution in [0.3, 0.4) is 0 Å². The van der Waals surface area contributed by atoms with Crippen LogP contribution >= 0.6 is 11.5 Å². The molecule has 0 spiro atoms. The first-order valence-corrected chi connectivity index (χ1v) is 10.7. The number of methoxy groups -OCH3 is 3. The van der Waals surface area contributed by atoms with E-state index in [0.29, 0.717) is 51.5 Å². The predicted octanol–water partition coefficient (Wildman–Crippen LogP) is 2.94. The maximum absolute atomic E-state index is 13.0. The molecular formula is C22H23N5O5S. The molecule has 10 nitrogen and oxygen atoms in total. The molecule has 0 radical (unpaired) electrons. The largest absolute Gasteiger partial charge is 0.497 e. The minimum absolute atomic E-state index is 0.352. The number of aromatic nitrogens is 4. The van der Waals surface area contributed by atoms with Gasteiger partial charge in [0.15, 0.2) is 11.9 Å². The van der Waals surface area contributed by atoms with Crippen LogP contribution in [0, 0.1) is 6.92 Å². The number of nitrogens with zero attached hydrogens (tertiary/aromatic N) is 4. The van der Waals surface area contributed by atoms with Crippen LogP contribution in [-0.2, 0) is 11.3 Å². The van der Waals surface area contributed by atoms with Crippen LogP contribution in [0.15, 0.2) is 36.5 Å². The van der Waals surface area contributed by atoms with Crippen LogP contribution in [-0.4, -0.2) is 51.3 Å². The standard InChI is InChI=1S/C22H23N5O5S/c1-12-19(20(28)21(29)24-13-7-8-23-18(9-13)31-3)15-10-14(30-2)5-6-16(15)27(12)11-17-25-22(32-4)33-26-17/h5-10,20,28H,11H2,1-4H3,(H,23,24,29). The van der Waals surface area contributed by atoms with Crippen molar-refractivity contribution >= 4 is 34.0 Å². The Morgan fingerprint density at radius 1 is 1.18 bits per heavy atom. The molecule has 0 aliphatic carbocycles. The summed E-state index contributed by atoms with van der Waals surface area (Å²) in [5, 5.41) is 15.0. The van der Waals surface area contributed by atoms with Crippen molar-refractivity contribution in [2.24, 2.45) is 0 Å². The molecule has 11 heteroatoms. The lowest BCUT2D eigenvalue weighted by molar-refractivity contribution is -0.124. The number of nitrogens with one attached hydrogen (secondary N) is 1. The van der Waals surface area contributed by atoms with E-state index in [9.17, 15) is 9.90 Å². The van der Waals surface area contributed by atoms with E-state index in [2.05, 4.69) is 19.7 Å². The molecule has 1 unspecified atom stereocenters. The van der Waals surface area contributed by atoms with Gasteiger partial charge in [-0.05, 0) is 31.2 Å². The van der Waals surface area contributed by atoms with Gasteiger partial charge < -0.3 is 29.2 Å². The normalized spacial score (nSPS) is 11.9. The molecule has 0 aliphatic rings. The third-order valence-electron chi connectivity index (χ3n) is 5.24. The Balaban J connectivity index is 1.73. The molecule has 4 aromatic rings. The highest BCUT2D eigenvalue weighted by molar-refractivity contribution is 7.07. The van der Waals surface area contributed by atoms with E-state index < -0.39 is 12.0 Å². The fraction of sp³-hybridized carbons (Fsp3) is 0.273. The topological polar surface area (TPSA) is 121 Å². The van der Waals surface area contributed by atoms with E-state index in [1.165, 1.54) is 13.3 Å². The zero-order valence-corrected chi connectivity index (χ0v) is 19.3. The quantitative estimate of drug-likeness (QED) is 0.404. The van der Waals surface area contributed by atoms with Crippen molar-refractivity contribution in [1.29, 1.82) is 0 Å². The number of pyridine rings is 1. The maximum atomic E-state index is 13.0. The van der Waals surface area contributed by atoms with E-state index >= 15 is 0 Å². The molecule has 3 aromatic heterocycles. The van der Waals surface area contributed by atoms with Crippen LogP contribution in [0.5, 0.6) is 16.8 Å². The number of anilines is 1. The van der Waals surface area contributed by atoms with Crippen LogP contribution in [0.4, 0.5) is 5.69 Å². The number of aliphatic hydroxyl groups is 1. The van der Waals surface area contributed by atoms with Crippen LogP contribution < -0.4 is 19.5 Å². The molecule has 4 rings (SSSR count). The lowest BCUT2D eigenvalue weighted by Gasteiger charge is -2.13. The Kier molecular flexibility index (Phi) is 6.43. The summed E-state index contributed by atoms with van der Waals surface area (Å²) in [6.45, 7) is 2.20. The molecule has 0 saturated heterocycles. The van der Waals surface area contributed by atoms with Gasteiger partial charge in [0.05, 0.1) is 27.9 Å². The average molecular weight is 470 g/mol. The van der Waals surface area contributed by atoms with Crippen molar-refractivity contribution < 1.29 is 24.1 Å². The monoisotopic (exact) mass is 469 g/mol. The van der Waals surface area contributed by atoms with Gasteiger partial charge in [-0.15, -0.1) is 0 Å². The van der Waals surface area contributed by atoms with Crippen molar-refractivity contribution in [2.75, 3.05) is 26.6 Å². The number of hydrogen-bond donors (Lipinski definition) is 2. The first-order chi connectivity index (χ1) is 15.9. The van der Waals surface area contributed by atoms with Crippen LogP contribution in [0.2, 0.25) is 0 Å². The van der Waals surface area contributed by atoms with Gasteiger partial charge in [-0.3, -0.25) is 4.79 Å². The van der Waals surface area contributed by atoms with E-state index in [4.69, 9.17) is 14.2 Å². The number of ether oxygens (including phenoxy) is 3. The fourth-order valence-electron chi connectivity index (χ4n) is 3.63. The minimum Gasteiger partial charge on any atom is -0.497 e. The summed E-state index contributed by atoms with van der Waals surface area (Å²) in [4.78, 5) is 21.3. The molecule has 0 bridgehead atoms. The Labute approximate surface area is 193 Å². The number of amides is 1. The number of carbonyl (C=O) groups excluding carboxylic acids is 1. The van der Waals surface area contributed by atoms with E-state index in [0.717, 1.165) is 17.0 Å². The summed E-state index contributed by atoms with van der Waals surface area (Å²) in [5.41, 5.74) is 2.46. The van der Waals surface area contributed by atoms with Gasteiger partial charge in [-0.25, -0.2) is 4.98 Å². The lowest BCUT2D eigenvalue weighted by atomic mass is 10.0. The number of aliphatic hydroxyl groups excluding tert-OH is 1. The summed E-state index contributed by atoms with van der Waals surface area (Å²) in [5.74, 6) is 0.954. The number of carbonyl (C=O) groups is 1. The van der Waals surface area contributed by atoms with Crippen LogP contribution in [0.1, 0.15) is 23.2 Å². The lowest BCUT2D eigenvalue weighted by Crippen LogP contribution is -2.21. The maximum Gasteiger partial charge on any atom is 0.292 e. The summed E-state index contributed by atoms with van der Waals surface area (Å²) < 4.78 is 21.9. The fourth-order valence-corrected chi connectivity index (χ4v) is 4.13. The molecule has 33 heavy (non-hydrogen) atoms. The highest BCUT2D eigenvalue weighted by Crippen LogP contribution is 2.34. The number of hydrogen-bond acceptors (Lipinski definition) is 9. The third-order valence-corrected chi connectivity index (χ3v) is 5.95. The van der Waals surface area contributed by atoms with Gasteiger partial charge in [0, 0.05) is 51.6 Å². The molecule has 0 fully saturated rings. The molecule has 0 aliphatic heterocycles. The third kappa shape index (κ3) is 4.45. The van der Waals surface area contributed by atoms with Gasteiger partial charge in [-0.1, -0.05) is 0 Å². The highest BCUT2D eigenvalue weighted by Gasteiger charge is 2.27. The zero-order chi connectivity index (χ0) is 23.5. The Hall–Kier alpha value is -3.70. The molecule has 0 saturated carbocycles. The van der Waals surface area contributed by atoms with Crippen molar-refractivity contribution in [3.63, 3.8) is 0 Å². The van der Waals surface area contributed by atoms with Crippen LogP contribution in [0.25, 0.3) is 10.9 Å². The first-order valence-electron chi connectivity index (χ1n) is 9.97.